The first-order valence-corrected chi connectivity index (χ1v) is 48.7. The Balaban J connectivity index is 0.000000581. The molecule has 33 nitrogen and oxygen atoms in total. The second kappa shape index (κ2) is 50.0. The number of ether oxygens (including phenoxy) is 7. The first-order valence-electron chi connectivity index (χ1n) is 46.6. The highest BCUT2D eigenvalue weighted by molar-refractivity contribution is 7.87. The van der Waals surface area contributed by atoms with E-state index in [0.29, 0.717) is 55.6 Å². The van der Waals surface area contributed by atoms with Gasteiger partial charge >= 0.3 is 63.8 Å². The van der Waals surface area contributed by atoms with E-state index in [1.807, 2.05) is 129 Å². The molecule has 6 aliphatic heterocycles. The minimum absolute atomic E-state index is 0. The monoisotopic (exact) mass is 2070 g/mol. The number of alkyl halides is 4. The molecule has 0 atom stereocenters. The molecule has 0 bridgehead atoms. The maximum atomic E-state index is 12.5. The fraction of sp³-hybridized carbons (Fsp3) is 0.657. The molecule has 14 rings (SSSR count). The third-order valence-corrected chi connectivity index (χ3v) is 25.4. The van der Waals surface area contributed by atoms with Gasteiger partial charge in [-0.25, -0.2) is 14.4 Å². The van der Waals surface area contributed by atoms with Gasteiger partial charge in [-0.05, 0) is 268 Å². The Morgan fingerprint density at radius 1 is 0.444 bits per heavy atom. The molecule has 4 aromatic rings. The molecule has 3 amide bonds. The van der Waals surface area contributed by atoms with Crippen molar-refractivity contribution in [2.75, 3.05) is 78.9 Å². The van der Waals surface area contributed by atoms with Crippen LogP contribution in [-0.4, -0.2) is 216 Å². The van der Waals surface area contributed by atoms with Crippen molar-refractivity contribution >= 4 is 97.8 Å². The predicted octanol–water partition coefficient (Wildman–Crippen LogP) is 25.0. The van der Waals surface area contributed by atoms with E-state index in [0.717, 1.165) is 134 Å². The van der Waals surface area contributed by atoms with Gasteiger partial charge in [0.1, 0.15) is 28.3 Å². The van der Waals surface area contributed by atoms with Crippen LogP contribution in [0.15, 0.2) is 78.6 Å². The van der Waals surface area contributed by atoms with E-state index in [1.54, 1.807) is 60.9 Å². The Morgan fingerprint density at radius 2 is 0.750 bits per heavy atom. The average molecular weight is 2070 g/mol. The number of piperidine rings is 1. The van der Waals surface area contributed by atoms with Crippen molar-refractivity contribution in [1.29, 1.82) is 0 Å². The summed E-state index contributed by atoms with van der Waals surface area (Å²) in [5.74, 6) is 1.30. The van der Waals surface area contributed by atoms with Crippen LogP contribution in [-0.2, 0) is 42.6 Å². The number of nitro benzene ring substituents is 4. The van der Waals surface area contributed by atoms with Gasteiger partial charge in [0.2, 0.25) is 0 Å². The summed E-state index contributed by atoms with van der Waals surface area (Å²) >= 11 is 4.64. The Kier molecular flexibility index (Phi) is 45.1. The zero-order chi connectivity index (χ0) is 104. The molecule has 144 heavy (non-hydrogen) atoms. The number of aryl methyl sites for hydroxylation is 4. The number of benzene rings is 4. The number of Topliss-reactive ketones (excluding diaryl/α,β-unsaturated/α-hetero) is 1. The van der Waals surface area contributed by atoms with Gasteiger partial charge < -0.3 is 71.6 Å². The number of amides is 3. The average Bonchev–Trinajstić information content (AvgIpc) is 1.61. The van der Waals surface area contributed by atoms with Crippen LogP contribution >= 0.6 is 11.6 Å². The zero-order valence-corrected chi connectivity index (χ0v) is 87.1. The molecule has 0 spiro atoms. The summed E-state index contributed by atoms with van der Waals surface area (Å²) in [4.78, 5) is 98.6. The van der Waals surface area contributed by atoms with E-state index in [-0.39, 0.29) is 160 Å². The van der Waals surface area contributed by atoms with E-state index < -0.39 is 72.6 Å². The first kappa shape index (κ1) is 130. The Labute approximate surface area is 859 Å². The molecule has 4 saturated carbocycles. The van der Waals surface area contributed by atoms with Crippen molar-refractivity contribution in [2.45, 2.75) is 347 Å². The summed E-state index contributed by atoms with van der Waals surface area (Å²) in [5.41, 5.74) is 0.912. The van der Waals surface area contributed by atoms with Gasteiger partial charge in [0.25, 0.3) is 0 Å². The van der Waals surface area contributed by atoms with Crippen LogP contribution in [0.4, 0.5) is 50.3 Å². The largest absolute Gasteiger partial charge is 0.534 e. The molecule has 10 aliphatic rings. The molecule has 4 aliphatic carbocycles. The van der Waals surface area contributed by atoms with Gasteiger partial charge in [-0.15, -0.1) is 11.6 Å². The number of rotatable bonds is 18. The standard InChI is InChI=1S/C22H30N2O5.C18H24N2O3.C17H22N2O3.C16H22BNO5.C13H20F3NO5S.C12H21NO3.CH3Cl.6CH4/c1-14-11-18(24(26)27)19(28-15-7-8-15)12-16(14)17-9-10-23(13-22(17,5)6)20(25)29-21(2,3)4;1-12-9-16(20(21)22)17(23-13-5-6-13)10-14(12)15-7-8-19(4)11-18(15,2)3;1-11-8-15(19(20)21)16(22-12-4-5-12)9-13(11)14-6-7-18-10-17(14,2)3;1-10-8-13(18(19)20)14(21-11-6-7-11)9-12(10)17-22-15(2,3)16(4,5)23-17;1-11(2,3)21-10(18)17-7-6-9(12(4,5)8-17)22-23(19,20)13(14,15)16;1-11(2,3)16-10(15)13-7-6-9(14)12(4,5)8-13;1-2;;;;;;/h9,11-12,15H,7-8,10,13H2,1-6H3;7,9-10,13H,5-6,8,11H2,1-4H3;6,8-9,12,18H,4-5,7,10H2,1-3H3;8-9,11H,6-7H2,1-5H3;6H,7-8H2,1-5H3;6-8H2,1-5H3;1H3;6*1H4. The van der Waals surface area contributed by atoms with Crippen molar-refractivity contribution in [1.82, 2.24) is 24.9 Å². The fourth-order valence-corrected chi connectivity index (χ4v) is 16.7. The summed E-state index contributed by atoms with van der Waals surface area (Å²) in [6, 6.07) is 13.7. The smallest absolute Gasteiger partial charge is 0.484 e. The van der Waals surface area contributed by atoms with Crippen LogP contribution in [0.1, 0.15) is 301 Å². The fourth-order valence-electron chi connectivity index (χ4n) is 16.1. The third kappa shape index (κ3) is 35.6. The lowest BCUT2D eigenvalue weighted by Gasteiger charge is -2.39. The number of likely N-dealkylation sites (N-methyl/N-ethyl adjacent to an activating group) is 1. The minimum atomic E-state index is -5.74. The molecule has 2 saturated heterocycles. The lowest BCUT2D eigenvalue weighted by molar-refractivity contribution is -0.386. The Bertz CT molecular complexity index is 5430. The van der Waals surface area contributed by atoms with Crippen molar-refractivity contribution in [3.8, 4) is 23.0 Å². The molecule has 0 radical (unpaired) electrons. The quantitative estimate of drug-likeness (QED) is 0.0184. The highest BCUT2D eigenvalue weighted by Gasteiger charge is 2.54. The van der Waals surface area contributed by atoms with Crippen molar-refractivity contribution in [2.24, 2.45) is 27.1 Å². The van der Waals surface area contributed by atoms with Gasteiger partial charge in [-0.1, -0.05) is 132 Å². The highest BCUT2D eigenvalue weighted by Crippen LogP contribution is 2.49. The van der Waals surface area contributed by atoms with Gasteiger partial charge in [-0.3, -0.25) is 45.3 Å². The first-order chi connectivity index (χ1) is 63.3. The zero-order valence-electron chi connectivity index (χ0n) is 85.5. The number of nitro groups is 4. The number of nitrogens with one attached hydrogen (secondary N) is 1. The Morgan fingerprint density at radius 3 is 1.06 bits per heavy atom. The summed E-state index contributed by atoms with van der Waals surface area (Å²) in [6.07, 6.45) is 16.3. The molecule has 0 aromatic heterocycles. The topological polar surface area (TPSA) is 392 Å². The number of nitrogens with zero attached hydrogens (tertiary/aromatic N) is 8. The molecule has 0 unspecified atom stereocenters. The number of hydrogen-bond acceptors (Lipinski definition) is 26. The van der Waals surface area contributed by atoms with Crippen LogP contribution in [0.3, 0.4) is 0 Å². The summed E-state index contributed by atoms with van der Waals surface area (Å²) in [6.45, 7) is 56.5. The van der Waals surface area contributed by atoms with Crippen LogP contribution < -0.4 is 29.7 Å². The number of halogens is 4. The van der Waals surface area contributed by atoms with Gasteiger partial charge in [0.05, 0.1) is 55.3 Å². The minimum Gasteiger partial charge on any atom is -0.484 e. The number of carbonyl (C=O) groups excluding carboxylic acids is 4. The van der Waals surface area contributed by atoms with Crippen molar-refractivity contribution in [3.63, 3.8) is 0 Å². The summed E-state index contributed by atoms with van der Waals surface area (Å²) < 4.78 is 115. The normalized spacial score (nSPS) is 19.2. The van der Waals surface area contributed by atoms with Gasteiger partial charge in [-0.2, -0.15) is 21.6 Å². The van der Waals surface area contributed by atoms with Crippen LogP contribution in [0, 0.1) is 95.2 Å². The van der Waals surface area contributed by atoms with Crippen molar-refractivity contribution in [3.05, 3.63) is 158 Å². The molecule has 39 heteroatoms. The molecule has 4 aromatic carbocycles. The maximum Gasteiger partial charge on any atom is 0.534 e. The predicted molar refractivity (Wildman–Crippen MR) is 564 cm³/mol. The van der Waals surface area contributed by atoms with Crippen molar-refractivity contribution < 1.29 is 107 Å². The van der Waals surface area contributed by atoms with Gasteiger partial charge in [0, 0.05) is 130 Å². The van der Waals surface area contributed by atoms with E-state index in [9.17, 15) is 81.2 Å². The molecule has 6 heterocycles. The number of ketones is 1. The lowest BCUT2D eigenvalue weighted by Crippen LogP contribution is -2.49. The SMILES string of the molecule is C.C.C.C.C.C.CC(C)(C)OC(=O)N1CC=C(OS(=O)(=O)C(F)(F)F)C(C)(C)C1.CC(C)(C)OC(=O)N1CCC(=O)C(C)(C)C1.CCl.Cc1cc([N+](=O)[O-])c(OC2CC2)cc1B1OC(C)(C)C(C)(C)O1.Cc1cc([N+](=O)[O-])c(OC2CC2)cc1C1=CCN(C(=O)OC(C)(C)C)CC1(C)C.Cc1cc([N+](=O)[O-])c(OC2CC2)cc1C1=CCN(C)CC1(C)C.Cc1cc([N+](=O)[O-])c(OC2CC2)cc1C1=CCNCC1(C)C. The van der Waals surface area contributed by atoms with Crippen LogP contribution in [0.25, 0.3) is 16.7 Å². The van der Waals surface area contributed by atoms with E-state index in [4.69, 9.17) is 42.5 Å². The second-order valence-electron chi connectivity index (χ2n) is 43.9. The van der Waals surface area contributed by atoms with E-state index in [1.165, 1.54) is 42.3 Å². The van der Waals surface area contributed by atoms with E-state index >= 15 is 0 Å². The second-order valence-corrected chi connectivity index (χ2v) is 45.5. The molecule has 6 fully saturated rings. The number of likely N-dealkylation sites (tertiary alicyclic amines) is 1. The summed E-state index contributed by atoms with van der Waals surface area (Å²) in [7, 11) is -4.18. The lowest BCUT2D eigenvalue weighted by atomic mass is 9.76. The summed E-state index contributed by atoms with van der Waals surface area (Å²) in [5, 5.41) is 48.7. The van der Waals surface area contributed by atoms with Crippen LogP contribution in [0.5, 0.6) is 23.0 Å². The molecule has 812 valence electrons. The third-order valence-electron chi connectivity index (χ3n) is 24.4. The molecular formula is C105H166BClF3N9O24S. The van der Waals surface area contributed by atoms with Crippen LogP contribution in [0.2, 0.25) is 0 Å². The van der Waals surface area contributed by atoms with Gasteiger partial charge in [0.15, 0.2) is 23.0 Å². The number of hydrogen-bond donors (Lipinski definition) is 1. The molecular weight excluding hydrogens is 1910 g/mol. The maximum absolute atomic E-state index is 12.5. The Hall–Kier alpha value is -10.1. The highest BCUT2D eigenvalue weighted by atomic mass is 35.5. The molecule has 1 N–H and O–H groups in total. The number of carbonyl (C=O) groups is 4. The van der Waals surface area contributed by atoms with E-state index in [2.05, 4.69) is 86.7 Å².